The third kappa shape index (κ3) is 4.06. The molecule has 19 heavy (non-hydrogen) atoms. The van der Waals surface area contributed by atoms with Gasteiger partial charge in [-0.2, -0.15) is 0 Å². The van der Waals surface area contributed by atoms with E-state index in [9.17, 15) is 4.79 Å². The van der Waals surface area contributed by atoms with Crippen molar-refractivity contribution in [1.82, 2.24) is 10.2 Å². The fourth-order valence-corrected chi connectivity index (χ4v) is 2.60. The van der Waals surface area contributed by atoms with Crippen molar-refractivity contribution in [3.05, 3.63) is 35.9 Å². The van der Waals surface area contributed by atoms with E-state index in [0.717, 1.165) is 25.9 Å². The number of carbonyl (C=O) groups excluding carboxylic acids is 1. The number of benzene rings is 1. The number of amides is 1. The summed E-state index contributed by atoms with van der Waals surface area (Å²) in [6.45, 7) is 6.69. The summed E-state index contributed by atoms with van der Waals surface area (Å²) in [5.74, 6) is 0.737. The minimum absolute atomic E-state index is 0.156. The van der Waals surface area contributed by atoms with Crippen LogP contribution in [-0.2, 0) is 4.79 Å². The smallest absolute Gasteiger partial charge is 0.234 e. The van der Waals surface area contributed by atoms with Gasteiger partial charge in [0.25, 0.3) is 0 Å². The van der Waals surface area contributed by atoms with Gasteiger partial charge in [0.2, 0.25) is 5.91 Å². The Kier molecular flexibility index (Phi) is 4.97. The number of nitrogens with one attached hydrogen (secondary N) is 1. The second-order valence-electron chi connectivity index (χ2n) is 5.51. The van der Waals surface area contributed by atoms with Crippen LogP contribution in [0.25, 0.3) is 0 Å². The molecular formula is C16H24N2O. The third-order valence-corrected chi connectivity index (χ3v) is 3.93. The first-order chi connectivity index (χ1) is 9.19. The lowest BCUT2D eigenvalue weighted by Gasteiger charge is -2.18. The van der Waals surface area contributed by atoms with E-state index in [1.54, 1.807) is 0 Å². The quantitative estimate of drug-likeness (QED) is 0.881. The highest BCUT2D eigenvalue weighted by atomic mass is 16.2. The molecule has 0 radical (unpaired) electrons. The second-order valence-corrected chi connectivity index (χ2v) is 5.51. The molecule has 2 rings (SSSR count). The first-order valence-corrected chi connectivity index (χ1v) is 7.25. The maximum atomic E-state index is 11.9. The summed E-state index contributed by atoms with van der Waals surface area (Å²) >= 11 is 0. The first-order valence-electron chi connectivity index (χ1n) is 7.25. The largest absolute Gasteiger partial charge is 0.353 e. The van der Waals surface area contributed by atoms with Crippen LogP contribution < -0.4 is 5.32 Å². The van der Waals surface area contributed by atoms with Gasteiger partial charge >= 0.3 is 0 Å². The van der Waals surface area contributed by atoms with E-state index in [2.05, 4.69) is 54.4 Å². The molecule has 0 spiro atoms. The maximum Gasteiger partial charge on any atom is 0.234 e. The highest BCUT2D eigenvalue weighted by molar-refractivity contribution is 5.78. The van der Waals surface area contributed by atoms with Crippen molar-refractivity contribution in [2.45, 2.75) is 38.6 Å². The molecule has 1 aliphatic heterocycles. The Morgan fingerprint density at radius 3 is 2.84 bits per heavy atom. The van der Waals surface area contributed by atoms with E-state index in [1.165, 1.54) is 5.56 Å². The Hall–Kier alpha value is -1.35. The van der Waals surface area contributed by atoms with Crippen molar-refractivity contribution in [3.8, 4) is 0 Å². The lowest BCUT2D eigenvalue weighted by Crippen LogP contribution is -2.40. The molecule has 1 heterocycles. The number of rotatable bonds is 5. The first kappa shape index (κ1) is 14.1. The molecule has 1 amide bonds. The fraction of sp³-hybridized carbons (Fsp3) is 0.562. The SMILES string of the molecule is CC[C@H](C)NC(=O)CN1CC[C@H](c2ccccc2)C1. The Morgan fingerprint density at radius 1 is 1.42 bits per heavy atom. The minimum Gasteiger partial charge on any atom is -0.353 e. The molecule has 0 unspecified atom stereocenters. The zero-order valence-electron chi connectivity index (χ0n) is 11.9. The molecule has 0 aliphatic carbocycles. The van der Waals surface area contributed by atoms with E-state index in [0.29, 0.717) is 12.5 Å². The highest BCUT2D eigenvalue weighted by Crippen LogP contribution is 2.26. The molecule has 0 bridgehead atoms. The molecule has 1 aliphatic rings. The normalized spacial score (nSPS) is 21.3. The average Bonchev–Trinajstić information content (AvgIpc) is 2.88. The third-order valence-electron chi connectivity index (χ3n) is 3.93. The zero-order valence-corrected chi connectivity index (χ0v) is 11.9. The number of hydrogen-bond acceptors (Lipinski definition) is 2. The Morgan fingerprint density at radius 2 is 2.16 bits per heavy atom. The van der Waals surface area contributed by atoms with Crippen molar-refractivity contribution in [1.29, 1.82) is 0 Å². The van der Waals surface area contributed by atoms with Gasteiger partial charge in [-0.3, -0.25) is 9.69 Å². The molecule has 1 aromatic carbocycles. The van der Waals surface area contributed by atoms with Gasteiger partial charge in [0.05, 0.1) is 6.54 Å². The van der Waals surface area contributed by atoms with Crippen molar-refractivity contribution in [3.63, 3.8) is 0 Å². The second kappa shape index (κ2) is 6.71. The molecule has 0 saturated carbocycles. The Bertz CT molecular complexity index is 404. The van der Waals surface area contributed by atoms with Crippen LogP contribution in [0.5, 0.6) is 0 Å². The fourth-order valence-electron chi connectivity index (χ4n) is 2.60. The van der Waals surface area contributed by atoms with Crippen molar-refractivity contribution in [2.75, 3.05) is 19.6 Å². The van der Waals surface area contributed by atoms with Gasteiger partial charge in [0, 0.05) is 12.6 Å². The van der Waals surface area contributed by atoms with Crippen LogP contribution in [-0.4, -0.2) is 36.5 Å². The summed E-state index contributed by atoms with van der Waals surface area (Å²) in [6.07, 6.45) is 2.14. The van der Waals surface area contributed by atoms with E-state index < -0.39 is 0 Å². The van der Waals surface area contributed by atoms with Crippen molar-refractivity contribution in [2.24, 2.45) is 0 Å². The molecule has 104 valence electrons. The van der Waals surface area contributed by atoms with Crippen LogP contribution in [0.15, 0.2) is 30.3 Å². The van der Waals surface area contributed by atoms with Crippen LogP contribution >= 0.6 is 0 Å². The molecule has 1 saturated heterocycles. The van der Waals surface area contributed by atoms with Gasteiger partial charge in [-0.15, -0.1) is 0 Å². The van der Waals surface area contributed by atoms with E-state index in [1.807, 2.05) is 0 Å². The average molecular weight is 260 g/mol. The molecule has 1 fully saturated rings. The van der Waals surface area contributed by atoms with Crippen LogP contribution in [0.2, 0.25) is 0 Å². The predicted octanol–water partition coefficient (Wildman–Crippen LogP) is 2.39. The lowest BCUT2D eigenvalue weighted by atomic mass is 9.99. The molecule has 3 nitrogen and oxygen atoms in total. The topological polar surface area (TPSA) is 32.3 Å². The molecular weight excluding hydrogens is 236 g/mol. The zero-order chi connectivity index (χ0) is 13.7. The maximum absolute atomic E-state index is 11.9. The number of carbonyl (C=O) groups is 1. The van der Waals surface area contributed by atoms with Gasteiger partial charge in [0.1, 0.15) is 0 Å². The Labute approximate surface area is 116 Å². The number of nitrogens with zero attached hydrogens (tertiary/aromatic N) is 1. The van der Waals surface area contributed by atoms with Gasteiger partial charge in [0.15, 0.2) is 0 Å². The van der Waals surface area contributed by atoms with E-state index in [-0.39, 0.29) is 11.9 Å². The predicted molar refractivity (Wildman–Crippen MR) is 78.1 cm³/mol. The molecule has 3 heteroatoms. The van der Waals surface area contributed by atoms with Crippen LogP contribution in [0.1, 0.15) is 38.2 Å². The standard InChI is InChI=1S/C16H24N2O/c1-3-13(2)17-16(19)12-18-10-9-15(11-18)14-7-5-4-6-8-14/h4-8,13,15H,3,9-12H2,1-2H3,(H,17,19)/t13-,15-/m0/s1. The van der Waals surface area contributed by atoms with Crippen LogP contribution in [0.4, 0.5) is 0 Å². The molecule has 0 aromatic heterocycles. The number of likely N-dealkylation sites (tertiary alicyclic amines) is 1. The van der Waals surface area contributed by atoms with Gasteiger partial charge in [-0.25, -0.2) is 0 Å². The molecule has 1 N–H and O–H groups in total. The van der Waals surface area contributed by atoms with Gasteiger partial charge in [-0.05, 0) is 37.8 Å². The summed E-state index contributed by atoms with van der Waals surface area (Å²) in [4.78, 5) is 14.1. The van der Waals surface area contributed by atoms with Crippen LogP contribution in [0.3, 0.4) is 0 Å². The van der Waals surface area contributed by atoms with E-state index in [4.69, 9.17) is 0 Å². The van der Waals surface area contributed by atoms with Crippen LogP contribution in [0, 0.1) is 0 Å². The van der Waals surface area contributed by atoms with Gasteiger partial charge < -0.3 is 5.32 Å². The number of hydrogen-bond donors (Lipinski definition) is 1. The summed E-state index contributed by atoms with van der Waals surface area (Å²) in [6, 6.07) is 10.9. The van der Waals surface area contributed by atoms with Crippen molar-refractivity contribution < 1.29 is 4.79 Å². The lowest BCUT2D eigenvalue weighted by molar-refractivity contribution is -0.122. The highest BCUT2D eigenvalue weighted by Gasteiger charge is 2.25. The summed E-state index contributed by atoms with van der Waals surface area (Å²) in [5, 5.41) is 3.03. The monoisotopic (exact) mass is 260 g/mol. The molecule has 2 atom stereocenters. The Balaban J connectivity index is 1.81. The summed E-state index contributed by atoms with van der Waals surface area (Å²) < 4.78 is 0. The summed E-state index contributed by atoms with van der Waals surface area (Å²) in [7, 11) is 0. The van der Waals surface area contributed by atoms with Gasteiger partial charge in [-0.1, -0.05) is 37.3 Å². The van der Waals surface area contributed by atoms with E-state index >= 15 is 0 Å². The summed E-state index contributed by atoms with van der Waals surface area (Å²) in [5.41, 5.74) is 1.40. The minimum atomic E-state index is 0.156. The molecule has 1 aromatic rings. The van der Waals surface area contributed by atoms with Crippen molar-refractivity contribution >= 4 is 5.91 Å².